The zero-order valence-corrected chi connectivity index (χ0v) is 10.7. The summed E-state index contributed by atoms with van der Waals surface area (Å²) in [7, 11) is 0. The molecule has 1 unspecified atom stereocenters. The Labute approximate surface area is 107 Å². The molecule has 1 aromatic carbocycles. The van der Waals surface area contributed by atoms with Gasteiger partial charge in [0.1, 0.15) is 5.75 Å². The summed E-state index contributed by atoms with van der Waals surface area (Å²) >= 11 is 0. The number of nitrogens with one attached hydrogen (secondary N) is 2. The van der Waals surface area contributed by atoms with Crippen LogP contribution in [0, 0.1) is 12.8 Å². The summed E-state index contributed by atoms with van der Waals surface area (Å²) in [6.07, 6.45) is 2.18. The second-order valence-corrected chi connectivity index (χ2v) is 4.87. The maximum atomic E-state index is 11.9. The van der Waals surface area contributed by atoms with Gasteiger partial charge < -0.3 is 15.7 Å². The first-order valence-electron chi connectivity index (χ1n) is 6.46. The third-order valence-electron chi connectivity index (χ3n) is 3.48. The molecular formula is C14H20N2O2. The van der Waals surface area contributed by atoms with Gasteiger partial charge in [0, 0.05) is 6.54 Å². The number of benzene rings is 1. The molecule has 18 heavy (non-hydrogen) atoms. The SMILES string of the molecule is Cc1cccc(C(=O)NCCC2CCNC2)c1O. The van der Waals surface area contributed by atoms with Crippen molar-refractivity contribution in [2.24, 2.45) is 5.92 Å². The average molecular weight is 248 g/mol. The fourth-order valence-corrected chi connectivity index (χ4v) is 2.29. The summed E-state index contributed by atoms with van der Waals surface area (Å²) in [4.78, 5) is 11.9. The van der Waals surface area contributed by atoms with Crippen molar-refractivity contribution in [1.82, 2.24) is 10.6 Å². The van der Waals surface area contributed by atoms with Crippen molar-refractivity contribution >= 4 is 5.91 Å². The van der Waals surface area contributed by atoms with Gasteiger partial charge in [-0.15, -0.1) is 0 Å². The number of hydrogen-bond acceptors (Lipinski definition) is 3. The van der Waals surface area contributed by atoms with Crippen LogP contribution in [-0.4, -0.2) is 30.6 Å². The predicted molar refractivity (Wildman–Crippen MR) is 70.8 cm³/mol. The van der Waals surface area contributed by atoms with Crippen molar-refractivity contribution in [2.45, 2.75) is 19.8 Å². The molecule has 0 bridgehead atoms. The van der Waals surface area contributed by atoms with Crippen LogP contribution < -0.4 is 10.6 Å². The topological polar surface area (TPSA) is 61.4 Å². The second-order valence-electron chi connectivity index (χ2n) is 4.87. The Morgan fingerprint density at radius 2 is 2.39 bits per heavy atom. The maximum absolute atomic E-state index is 11.9. The van der Waals surface area contributed by atoms with Gasteiger partial charge >= 0.3 is 0 Å². The van der Waals surface area contributed by atoms with E-state index in [1.54, 1.807) is 25.1 Å². The van der Waals surface area contributed by atoms with Gasteiger partial charge in [0.15, 0.2) is 0 Å². The highest BCUT2D eigenvalue weighted by atomic mass is 16.3. The number of aromatic hydroxyl groups is 1. The first-order chi connectivity index (χ1) is 8.68. The van der Waals surface area contributed by atoms with Crippen molar-refractivity contribution in [3.05, 3.63) is 29.3 Å². The van der Waals surface area contributed by atoms with Crippen LogP contribution >= 0.6 is 0 Å². The standard InChI is InChI=1S/C14H20N2O2/c1-10-3-2-4-12(13(10)17)14(18)16-8-6-11-5-7-15-9-11/h2-4,11,15,17H,5-9H2,1H3,(H,16,18). The predicted octanol–water partition coefficient (Wildman–Crippen LogP) is 1.43. The Bertz CT molecular complexity index is 426. The quantitative estimate of drug-likeness (QED) is 0.755. The van der Waals surface area contributed by atoms with Crippen LogP contribution in [0.25, 0.3) is 0 Å². The van der Waals surface area contributed by atoms with E-state index in [0.717, 1.165) is 25.1 Å². The average Bonchev–Trinajstić information content (AvgIpc) is 2.85. The van der Waals surface area contributed by atoms with Crippen LogP contribution in [-0.2, 0) is 0 Å². The maximum Gasteiger partial charge on any atom is 0.255 e. The molecule has 1 aliphatic heterocycles. The lowest BCUT2D eigenvalue weighted by atomic mass is 10.0. The minimum atomic E-state index is -0.192. The molecule has 1 aromatic rings. The highest BCUT2D eigenvalue weighted by Crippen LogP contribution is 2.21. The van der Waals surface area contributed by atoms with E-state index in [-0.39, 0.29) is 11.7 Å². The van der Waals surface area contributed by atoms with E-state index in [0.29, 0.717) is 18.0 Å². The molecule has 0 spiro atoms. The first kappa shape index (κ1) is 12.9. The van der Waals surface area contributed by atoms with Gasteiger partial charge in [-0.1, -0.05) is 12.1 Å². The van der Waals surface area contributed by atoms with Gasteiger partial charge in [-0.3, -0.25) is 4.79 Å². The van der Waals surface area contributed by atoms with E-state index in [1.807, 2.05) is 0 Å². The van der Waals surface area contributed by atoms with Crippen LogP contribution in [0.4, 0.5) is 0 Å². The Morgan fingerprint density at radius 3 is 3.11 bits per heavy atom. The fraction of sp³-hybridized carbons (Fsp3) is 0.500. The molecule has 98 valence electrons. The summed E-state index contributed by atoms with van der Waals surface area (Å²) < 4.78 is 0. The Kier molecular flexibility index (Phi) is 4.20. The molecular weight excluding hydrogens is 228 g/mol. The van der Waals surface area contributed by atoms with Gasteiger partial charge in [-0.2, -0.15) is 0 Å². The van der Waals surface area contributed by atoms with Crippen molar-refractivity contribution in [3.63, 3.8) is 0 Å². The molecule has 1 saturated heterocycles. The number of hydrogen-bond donors (Lipinski definition) is 3. The number of amides is 1. The third-order valence-corrected chi connectivity index (χ3v) is 3.48. The Balaban J connectivity index is 1.85. The summed E-state index contributed by atoms with van der Waals surface area (Å²) in [5, 5.41) is 16.0. The van der Waals surface area contributed by atoms with Crippen molar-refractivity contribution in [1.29, 1.82) is 0 Å². The van der Waals surface area contributed by atoms with E-state index >= 15 is 0 Å². The van der Waals surface area contributed by atoms with Gasteiger partial charge in [0.25, 0.3) is 5.91 Å². The minimum absolute atomic E-state index is 0.0810. The summed E-state index contributed by atoms with van der Waals surface area (Å²) in [6.45, 7) is 4.58. The van der Waals surface area contributed by atoms with Gasteiger partial charge in [-0.25, -0.2) is 0 Å². The third kappa shape index (κ3) is 3.01. The number of aryl methyl sites for hydroxylation is 1. The highest BCUT2D eigenvalue weighted by Gasteiger charge is 2.15. The van der Waals surface area contributed by atoms with Gasteiger partial charge in [0.2, 0.25) is 0 Å². The molecule has 0 aromatic heterocycles. The lowest BCUT2D eigenvalue weighted by molar-refractivity contribution is 0.0949. The number of carbonyl (C=O) groups is 1. The second kappa shape index (κ2) is 5.87. The largest absolute Gasteiger partial charge is 0.507 e. The van der Waals surface area contributed by atoms with Crippen LogP contribution in [0.2, 0.25) is 0 Å². The van der Waals surface area contributed by atoms with E-state index in [4.69, 9.17) is 0 Å². The molecule has 1 atom stereocenters. The van der Waals surface area contributed by atoms with Gasteiger partial charge in [0.05, 0.1) is 5.56 Å². The molecule has 1 fully saturated rings. The van der Waals surface area contributed by atoms with E-state index < -0.39 is 0 Å². The zero-order chi connectivity index (χ0) is 13.0. The number of rotatable bonds is 4. The number of phenols is 1. The lowest BCUT2D eigenvalue weighted by Gasteiger charge is -2.10. The molecule has 4 nitrogen and oxygen atoms in total. The summed E-state index contributed by atoms with van der Waals surface area (Å²) in [5.74, 6) is 0.552. The molecule has 0 radical (unpaired) electrons. The molecule has 1 heterocycles. The Hall–Kier alpha value is -1.55. The molecule has 3 N–H and O–H groups in total. The molecule has 2 rings (SSSR count). The summed E-state index contributed by atoms with van der Waals surface area (Å²) in [5.41, 5.74) is 1.09. The lowest BCUT2D eigenvalue weighted by Crippen LogP contribution is -2.26. The number of carbonyl (C=O) groups excluding carboxylic acids is 1. The molecule has 1 amide bonds. The highest BCUT2D eigenvalue weighted by molar-refractivity contribution is 5.97. The number of phenolic OH excluding ortho intramolecular Hbond substituents is 1. The first-order valence-corrected chi connectivity index (χ1v) is 6.46. The summed E-state index contributed by atoms with van der Waals surface area (Å²) in [6, 6.07) is 5.22. The van der Waals surface area contributed by atoms with Crippen LogP contribution in [0.1, 0.15) is 28.8 Å². The van der Waals surface area contributed by atoms with Gasteiger partial charge in [-0.05, 0) is 50.4 Å². The molecule has 1 aliphatic rings. The molecule has 0 aliphatic carbocycles. The molecule has 0 saturated carbocycles. The smallest absolute Gasteiger partial charge is 0.255 e. The number of para-hydroxylation sites is 1. The zero-order valence-electron chi connectivity index (χ0n) is 10.7. The fourth-order valence-electron chi connectivity index (χ4n) is 2.29. The van der Waals surface area contributed by atoms with E-state index in [9.17, 15) is 9.90 Å². The van der Waals surface area contributed by atoms with Crippen molar-refractivity contribution < 1.29 is 9.90 Å². The van der Waals surface area contributed by atoms with E-state index in [2.05, 4.69) is 10.6 Å². The van der Waals surface area contributed by atoms with Crippen LogP contribution in [0.3, 0.4) is 0 Å². The van der Waals surface area contributed by atoms with Crippen LogP contribution in [0.5, 0.6) is 5.75 Å². The Morgan fingerprint density at radius 1 is 1.56 bits per heavy atom. The van der Waals surface area contributed by atoms with Crippen molar-refractivity contribution in [2.75, 3.05) is 19.6 Å². The van der Waals surface area contributed by atoms with E-state index in [1.165, 1.54) is 6.42 Å². The van der Waals surface area contributed by atoms with Crippen LogP contribution in [0.15, 0.2) is 18.2 Å². The van der Waals surface area contributed by atoms with Crippen molar-refractivity contribution in [3.8, 4) is 5.75 Å². The normalized spacial score (nSPS) is 18.8. The minimum Gasteiger partial charge on any atom is -0.507 e. The monoisotopic (exact) mass is 248 g/mol. The molecule has 4 heteroatoms.